The van der Waals surface area contributed by atoms with Crippen molar-refractivity contribution < 1.29 is 27.5 Å². The van der Waals surface area contributed by atoms with Gasteiger partial charge in [-0.15, -0.1) is 0 Å². The molecule has 1 aromatic rings. The fraction of sp³-hybridized carbons (Fsp3) is 0.609. The van der Waals surface area contributed by atoms with E-state index < -0.39 is 16.1 Å². The van der Waals surface area contributed by atoms with Crippen LogP contribution in [0.4, 0.5) is 10.5 Å². The summed E-state index contributed by atoms with van der Waals surface area (Å²) in [6.45, 7) is 6.20. The lowest BCUT2D eigenvalue weighted by Gasteiger charge is -2.31. The molecule has 1 saturated heterocycles. The zero-order valence-corrected chi connectivity index (χ0v) is 21.2. The molecule has 0 aromatic heterocycles. The number of sulfonamides is 1. The van der Waals surface area contributed by atoms with Gasteiger partial charge in [-0.25, -0.2) is 17.9 Å². The molecule has 0 radical (unpaired) electrons. The number of nitrogens with zero attached hydrogens (tertiary/aromatic N) is 1. The summed E-state index contributed by atoms with van der Waals surface area (Å²) in [5.41, 5.74) is 1.21. The van der Waals surface area contributed by atoms with Crippen molar-refractivity contribution in [2.45, 2.75) is 70.4 Å². The number of carbonyl (C=O) groups is 3. The maximum absolute atomic E-state index is 13.4. The predicted octanol–water partition coefficient (Wildman–Crippen LogP) is 2.03. The van der Waals surface area contributed by atoms with Crippen LogP contribution in [-0.2, 0) is 20.2 Å². The molecular weight excluding hydrogens is 460 g/mol. The zero-order chi connectivity index (χ0) is 25.3. The van der Waals surface area contributed by atoms with Crippen LogP contribution in [0.1, 0.15) is 68.8 Å². The van der Waals surface area contributed by atoms with E-state index in [1.54, 1.807) is 6.07 Å². The van der Waals surface area contributed by atoms with Crippen LogP contribution in [0.2, 0.25) is 0 Å². The molecule has 1 aliphatic carbocycles. The van der Waals surface area contributed by atoms with Crippen LogP contribution in [0.15, 0.2) is 12.1 Å². The summed E-state index contributed by atoms with van der Waals surface area (Å²) in [4.78, 5) is 38.9. The van der Waals surface area contributed by atoms with Gasteiger partial charge in [-0.1, -0.05) is 20.8 Å². The van der Waals surface area contributed by atoms with Crippen LogP contribution in [0.3, 0.4) is 0 Å². The van der Waals surface area contributed by atoms with Crippen molar-refractivity contribution in [2.24, 2.45) is 0 Å². The lowest BCUT2D eigenvalue weighted by atomic mass is 9.84. The minimum Gasteiger partial charge on any atom is -0.496 e. The van der Waals surface area contributed by atoms with Crippen LogP contribution in [0.5, 0.6) is 5.75 Å². The summed E-state index contributed by atoms with van der Waals surface area (Å²) in [6, 6.07) is 2.69. The summed E-state index contributed by atoms with van der Waals surface area (Å²) >= 11 is 0. The molecule has 0 bridgehead atoms. The first-order valence-corrected chi connectivity index (χ1v) is 13.3. The third-order valence-electron chi connectivity index (χ3n) is 6.14. The number of benzene rings is 1. The van der Waals surface area contributed by atoms with Crippen LogP contribution in [-0.4, -0.2) is 58.3 Å². The molecule has 0 unspecified atom stereocenters. The summed E-state index contributed by atoms with van der Waals surface area (Å²) in [6.07, 6.45) is 3.86. The number of rotatable bonds is 6. The Kier molecular flexibility index (Phi) is 7.56. The number of hydrogen-bond donors (Lipinski definition) is 3. The molecular formula is C23H34N4O6S. The number of amides is 4. The highest BCUT2D eigenvalue weighted by Gasteiger charge is 2.31. The average Bonchev–Trinajstić information content (AvgIpc) is 2.72. The number of anilines is 1. The average molecular weight is 495 g/mol. The normalized spacial score (nSPS) is 21.7. The Hall–Kier alpha value is -2.66. The molecule has 2 aliphatic rings. The van der Waals surface area contributed by atoms with Crippen molar-refractivity contribution in [3.8, 4) is 5.75 Å². The topological polar surface area (TPSA) is 134 Å². The van der Waals surface area contributed by atoms with Crippen molar-refractivity contribution in [1.29, 1.82) is 0 Å². The number of hydrogen-bond acceptors (Lipinski definition) is 6. The molecule has 1 heterocycles. The Morgan fingerprint density at radius 1 is 1.12 bits per heavy atom. The highest BCUT2D eigenvalue weighted by atomic mass is 32.2. The van der Waals surface area contributed by atoms with E-state index in [0.717, 1.165) is 11.8 Å². The first kappa shape index (κ1) is 26.0. The van der Waals surface area contributed by atoms with Crippen molar-refractivity contribution >= 4 is 33.6 Å². The van der Waals surface area contributed by atoms with E-state index >= 15 is 0 Å². The molecule has 34 heavy (non-hydrogen) atoms. The number of carbonyl (C=O) groups excluding carboxylic acids is 3. The van der Waals surface area contributed by atoms with Gasteiger partial charge in [0.1, 0.15) is 5.75 Å². The molecule has 11 heteroatoms. The minimum absolute atomic E-state index is 0.104. The Bertz CT molecular complexity index is 1070. The Labute approximate surface area is 200 Å². The van der Waals surface area contributed by atoms with E-state index in [9.17, 15) is 22.8 Å². The highest BCUT2D eigenvalue weighted by molar-refractivity contribution is 7.88. The van der Waals surface area contributed by atoms with Gasteiger partial charge in [0.15, 0.2) is 0 Å². The standard InChI is InChI=1S/C23H34N4O6S/c1-23(2,3)18-13-16(27-11-10-19(28)25-22(27)30)12-17(20(18)33-4)21(29)24-14-6-8-15(9-7-14)26-34(5,31)32/h12-15,26H,6-11H2,1-5H3,(H,24,29)(H,25,28,30)/t14-,15-. The lowest BCUT2D eigenvalue weighted by molar-refractivity contribution is -0.120. The molecule has 1 aliphatic heterocycles. The predicted molar refractivity (Wildman–Crippen MR) is 129 cm³/mol. The van der Waals surface area contributed by atoms with E-state index in [-0.39, 0.29) is 42.3 Å². The first-order valence-electron chi connectivity index (χ1n) is 11.4. The molecule has 4 amide bonds. The van der Waals surface area contributed by atoms with E-state index in [0.29, 0.717) is 42.7 Å². The van der Waals surface area contributed by atoms with E-state index in [2.05, 4.69) is 15.4 Å². The minimum atomic E-state index is -3.27. The fourth-order valence-electron chi connectivity index (χ4n) is 4.45. The molecule has 0 spiro atoms. The molecule has 2 fully saturated rings. The third-order valence-corrected chi connectivity index (χ3v) is 6.90. The number of urea groups is 1. The largest absolute Gasteiger partial charge is 0.496 e. The fourth-order valence-corrected chi connectivity index (χ4v) is 5.29. The Morgan fingerprint density at radius 2 is 1.74 bits per heavy atom. The summed E-state index contributed by atoms with van der Waals surface area (Å²) < 4.78 is 31.3. The van der Waals surface area contributed by atoms with Crippen LogP contribution < -0.4 is 25.0 Å². The van der Waals surface area contributed by atoms with Gasteiger partial charge in [0.25, 0.3) is 5.91 Å². The molecule has 3 rings (SSSR count). The van der Waals surface area contributed by atoms with E-state index in [1.165, 1.54) is 12.0 Å². The Balaban J connectivity index is 1.86. The van der Waals surface area contributed by atoms with Crippen LogP contribution in [0, 0.1) is 0 Å². The molecule has 3 N–H and O–H groups in total. The van der Waals surface area contributed by atoms with Crippen molar-refractivity contribution in [2.75, 3.05) is 24.8 Å². The molecule has 10 nitrogen and oxygen atoms in total. The summed E-state index contributed by atoms with van der Waals surface area (Å²) in [5.74, 6) is -0.211. The molecule has 1 aromatic carbocycles. The van der Waals surface area contributed by atoms with Crippen molar-refractivity contribution in [1.82, 2.24) is 15.4 Å². The number of nitrogens with one attached hydrogen (secondary N) is 3. The second kappa shape index (κ2) is 9.91. The van der Waals surface area contributed by atoms with Gasteiger partial charge in [0.05, 0.1) is 18.9 Å². The monoisotopic (exact) mass is 494 g/mol. The van der Waals surface area contributed by atoms with Gasteiger partial charge in [0, 0.05) is 36.3 Å². The van der Waals surface area contributed by atoms with Crippen LogP contribution in [0.25, 0.3) is 0 Å². The van der Waals surface area contributed by atoms with E-state index in [1.807, 2.05) is 26.8 Å². The van der Waals surface area contributed by atoms with Gasteiger partial charge >= 0.3 is 6.03 Å². The number of methoxy groups -OCH3 is 1. The second-order valence-corrected chi connectivity index (χ2v) is 11.8. The molecule has 188 valence electrons. The second-order valence-electron chi connectivity index (χ2n) is 9.99. The van der Waals surface area contributed by atoms with Gasteiger partial charge in [0.2, 0.25) is 15.9 Å². The zero-order valence-electron chi connectivity index (χ0n) is 20.4. The molecule has 1 saturated carbocycles. The lowest BCUT2D eigenvalue weighted by Crippen LogP contribution is -2.49. The van der Waals surface area contributed by atoms with E-state index in [4.69, 9.17) is 4.74 Å². The van der Waals surface area contributed by atoms with Crippen molar-refractivity contribution in [3.05, 3.63) is 23.3 Å². The first-order chi connectivity index (χ1) is 15.8. The highest BCUT2D eigenvalue weighted by Crippen LogP contribution is 2.38. The maximum atomic E-state index is 13.4. The smallest absolute Gasteiger partial charge is 0.328 e. The van der Waals surface area contributed by atoms with Crippen LogP contribution >= 0.6 is 0 Å². The van der Waals surface area contributed by atoms with Gasteiger partial charge < -0.3 is 10.1 Å². The summed E-state index contributed by atoms with van der Waals surface area (Å²) in [5, 5.41) is 5.37. The van der Waals surface area contributed by atoms with Gasteiger partial charge in [-0.2, -0.15) is 0 Å². The van der Waals surface area contributed by atoms with Gasteiger partial charge in [-0.05, 0) is 43.2 Å². The van der Waals surface area contributed by atoms with Crippen molar-refractivity contribution in [3.63, 3.8) is 0 Å². The molecule has 0 atom stereocenters. The maximum Gasteiger partial charge on any atom is 0.328 e. The third kappa shape index (κ3) is 6.26. The van der Waals surface area contributed by atoms with Gasteiger partial charge in [-0.3, -0.25) is 19.8 Å². The SMILES string of the molecule is COc1c(C(=O)N[C@H]2CC[C@H](NS(C)(=O)=O)CC2)cc(N2CCC(=O)NC2=O)cc1C(C)(C)C. The summed E-state index contributed by atoms with van der Waals surface area (Å²) in [7, 11) is -1.76. The quantitative estimate of drug-likeness (QED) is 0.554. The number of ether oxygens (including phenoxy) is 1. The number of imide groups is 1. The Morgan fingerprint density at radius 3 is 2.26 bits per heavy atom.